The van der Waals surface area contributed by atoms with Crippen molar-refractivity contribution in [1.29, 1.82) is 0 Å². The summed E-state index contributed by atoms with van der Waals surface area (Å²) in [6.45, 7) is 0. The Labute approximate surface area is 105 Å². The van der Waals surface area contributed by atoms with E-state index in [1.807, 2.05) is 0 Å². The van der Waals surface area contributed by atoms with Crippen LogP contribution in [0.15, 0.2) is 24.3 Å². The number of nitrogens with two attached hydrogens (primary N) is 2. The minimum atomic E-state index is -4.79. The first kappa shape index (κ1) is 13.1. The molecule has 0 fully saturated rings. The van der Waals surface area contributed by atoms with Gasteiger partial charge in [0.2, 0.25) is 5.95 Å². The highest BCUT2D eigenvalue weighted by atomic mass is 19.4. The molecular formula is C11H8F4N4. The molecule has 100 valence electrons. The Bertz CT molecular complexity index is 604. The third-order valence-electron chi connectivity index (χ3n) is 2.34. The van der Waals surface area contributed by atoms with Crippen LogP contribution in [0.2, 0.25) is 0 Å². The second-order valence-corrected chi connectivity index (χ2v) is 3.70. The smallest absolute Gasteiger partial charge is 0.384 e. The number of hydrogen-bond donors (Lipinski definition) is 2. The molecule has 19 heavy (non-hydrogen) atoms. The highest BCUT2D eigenvalue weighted by molar-refractivity contribution is 5.65. The fraction of sp³-hybridized carbons (Fsp3) is 0.0909. The molecule has 0 aliphatic carbocycles. The van der Waals surface area contributed by atoms with E-state index in [0.717, 1.165) is 18.2 Å². The zero-order valence-corrected chi connectivity index (χ0v) is 9.37. The van der Waals surface area contributed by atoms with E-state index in [1.165, 1.54) is 0 Å². The average Bonchev–Trinajstić information content (AvgIpc) is 2.26. The summed E-state index contributed by atoms with van der Waals surface area (Å²) in [4.78, 5) is 7.23. The highest BCUT2D eigenvalue weighted by Crippen LogP contribution is 2.35. The number of alkyl halides is 3. The van der Waals surface area contributed by atoms with Crippen molar-refractivity contribution in [2.45, 2.75) is 6.18 Å². The first-order valence-electron chi connectivity index (χ1n) is 5.05. The summed E-state index contributed by atoms with van der Waals surface area (Å²) in [5.41, 5.74) is 8.90. The molecule has 0 atom stereocenters. The van der Waals surface area contributed by atoms with Crippen LogP contribution in [0.4, 0.5) is 29.3 Å². The van der Waals surface area contributed by atoms with Crippen LogP contribution < -0.4 is 11.5 Å². The van der Waals surface area contributed by atoms with Crippen LogP contribution in [-0.4, -0.2) is 9.97 Å². The molecule has 0 aliphatic heterocycles. The Morgan fingerprint density at radius 3 is 2.32 bits per heavy atom. The summed E-state index contributed by atoms with van der Waals surface area (Å²) >= 11 is 0. The number of nitrogens with zero attached hydrogens (tertiary/aromatic N) is 2. The van der Waals surface area contributed by atoms with E-state index in [9.17, 15) is 17.6 Å². The Balaban J connectivity index is 2.63. The molecule has 8 heteroatoms. The molecule has 2 rings (SSSR count). The molecule has 0 amide bonds. The van der Waals surface area contributed by atoms with Gasteiger partial charge >= 0.3 is 6.18 Å². The first-order chi connectivity index (χ1) is 8.79. The van der Waals surface area contributed by atoms with Crippen molar-refractivity contribution < 1.29 is 17.6 Å². The van der Waals surface area contributed by atoms with Crippen LogP contribution in [0.5, 0.6) is 0 Å². The molecule has 0 aliphatic rings. The van der Waals surface area contributed by atoms with Crippen molar-refractivity contribution in [3.63, 3.8) is 0 Å². The fourth-order valence-corrected chi connectivity index (χ4v) is 1.57. The Kier molecular flexibility index (Phi) is 3.01. The van der Waals surface area contributed by atoms with Crippen LogP contribution in [0.1, 0.15) is 5.56 Å². The standard InChI is InChI=1S/C11H8F4N4/c12-9-5(2-1-3-6(9)11(13,14)15)7-4-8(16)19-10(17)18-7/h1-4H,(H4,16,17,18,19). The number of nitrogen functional groups attached to an aromatic ring is 2. The third-order valence-corrected chi connectivity index (χ3v) is 2.34. The molecule has 0 saturated heterocycles. The van der Waals surface area contributed by atoms with Crippen molar-refractivity contribution in [2.75, 3.05) is 11.5 Å². The minimum absolute atomic E-state index is 0.0562. The SMILES string of the molecule is Nc1cc(-c2cccc(C(F)(F)F)c2F)nc(N)n1. The van der Waals surface area contributed by atoms with Crippen molar-refractivity contribution in [3.8, 4) is 11.3 Å². The summed E-state index contributed by atoms with van der Waals surface area (Å²) < 4.78 is 51.6. The number of anilines is 2. The van der Waals surface area contributed by atoms with Crippen LogP contribution >= 0.6 is 0 Å². The molecule has 0 unspecified atom stereocenters. The summed E-state index contributed by atoms with van der Waals surface area (Å²) in [5.74, 6) is -1.72. The fourth-order valence-electron chi connectivity index (χ4n) is 1.57. The van der Waals surface area contributed by atoms with E-state index in [4.69, 9.17) is 11.5 Å². The van der Waals surface area contributed by atoms with Crippen molar-refractivity contribution in [2.24, 2.45) is 0 Å². The molecule has 1 heterocycles. The Hall–Kier alpha value is -2.38. The molecule has 1 aromatic carbocycles. The van der Waals surface area contributed by atoms with Gasteiger partial charge < -0.3 is 11.5 Å². The lowest BCUT2D eigenvalue weighted by molar-refractivity contribution is -0.139. The van der Waals surface area contributed by atoms with Crippen molar-refractivity contribution in [1.82, 2.24) is 9.97 Å². The van der Waals surface area contributed by atoms with E-state index >= 15 is 0 Å². The number of benzene rings is 1. The summed E-state index contributed by atoms with van der Waals surface area (Å²) in [5, 5.41) is 0. The zero-order valence-electron chi connectivity index (χ0n) is 9.37. The molecule has 0 radical (unpaired) electrons. The van der Waals surface area contributed by atoms with Crippen LogP contribution in [0.25, 0.3) is 11.3 Å². The third kappa shape index (κ3) is 2.56. The van der Waals surface area contributed by atoms with Crippen LogP contribution in [0.3, 0.4) is 0 Å². The normalized spacial score (nSPS) is 11.6. The maximum absolute atomic E-state index is 13.9. The second-order valence-electron chi connectivity index (χ2n) is 3.70. The van der Waals surface area contributed by atoms with Gasteiger partial charge in [0.1, 0.15) is 11.6 Å². The molecule has 4 N–H and O–H groups in total. The van der Waals surface area contributed by atoms with E-state index in [1.54, 1.807) is 0 Å². The lowest BCUT2D eigenvalue weighted by atomic mass is 10.1. The summed E-state index contributed by atoms with van der Waals surface area (Å²) in [6.07, 6.45) is -4.79. The lowest BCUT2D eigenvalue weighted by Gasteiger charge is -2.11. The molecule has 2 aromatic rings. The van der Waals surface area contributed by atoms with Gasteiger partial charge in [-0.3, -0.25) is 0 Å². The minimum Gasteiger partial charge on any atom is -0.384 e. The maximum atomic E-state index is 13.9. The average molecular weight is 272 g/mol. The lowest BCUT2D eigenvalue weighted by Crippen LogP contribution is -2.09. The monoisotopic (exact) mass is 272 g/mol. The largest absolute Gasteiger partial charge is 0.419 e. The predicted molar refractivity (Wildman–Crippen MR) is 61.3 cm³/mol. The molecule has 0 saturated carbocycles. The predicted octanol–water partition coefficient (Wildman–Crippen LogP) is 2.47. The quantitative estimate of drug-likeness (QED) is 0.782. The van der Waals surface area contributed by atoms with E-state index in [2.05, 4.69) is 9.97 Å². The van der Waals surface area contributed by atoms with Gasteiger partial charge in [0, 0.05) is 11.6 Å². The van der Waals surface area contributed by atoms with Crippen molar-refractivity contribution >= 4 is 11.8 Å². The van der Waals surface area contributed by atoms with Gasteiger partial charge in [0.25, 0.3) is 0 Å². The van der Waals surface area contributed by atoms with E-state index in [0.29, 0.717) is 6.07 Å². The first-order valence-corrected chi connectivity index (χ1v) is 5.05. The highest BCUT2D eigenvalue weighted by Gasteiger charge is 2.35. The van der Waals surface area contributed by atoms with Gasteiger partial charge in [-0.2, -0.15) is 18.2 Å². The molecule has 4 nitrogen and oxygen atoms in total. The molecular weight excluding hydrogens is 264 g/mol. The van der Waals surface area contributed by atoms with E-state index < -0.39 is 17.6 Å². The number of hydrogen-bond acceptors (Lipinski definition) is 4. The topological polar surface area (TPSA) is 77.8 Å². The Morgan fingerprint density at radius 2 is 1.74 bits per heavy atom. The van der Waals surface area contributed by atoms with Crippen molar-refractivity contribution in [3.05, 3.63) is 35.6 Å². The number of aromatic nitrogens is 2. The molecule has 0 bridgehead atoms. The van der Waals surface area contributed by atoms with Gasteiger partial charge in [-0.15, -0.1) is 0 Å². The Morgan fingerprint density at radius 1 is 1.05 bits per heavy atom. The second kappa shape index (κ2) is 4.38. The van der Waals surface area contributed by atoms with E-state index in [-0.39, 0.29) is 23.0 Å². The van der Waals surface area contributed by atoms with Gasteiger partial charge in [-0.25, -0.2) is 9.37 Å². The van der Waals surface area contributed by atoms with Crippen LogP contribution in [0, 0.1) is 5.82 Å². The van der Waals surface area contributed by atoms with Gasteiger partial charge in [0.05, 0.1) is 11.3 Å². The molecule has 0 spiro atoms. The van der Waals surface area contributed by atoms with Gasteiger partial charge in [0.15, 0.2) is 0 Å². The van der Waals surface area contributed by atoms with Gasteiger partial charge in [-0.05, 0) is 12.1 Å². The number of rotatable bonds is 1. The maximum Gasteiger partial charge on any atom is 0.419 e. The van der Waals surface area contributed by atoms with Gasteiger partial charge in [-0.1, -0.05) is 6.07 Å². The zero-order chi connectivity index (χ0) is 14.2. The molecule has 1 aromatic heterocycles. The summed E-state index contributed by atoms with van der Waals surface area (Å²) in [7, 11) is 0. The van der Waals surface area contributed by atoms with Crippen LogP contribution in [-0.2, 0) is 6.18 Å². The number of halogens is 4. The summed E-state index contributed by atoms with van der Waals surface area (Å²) in [6, 6.07) is 4.03.